The van der Waals surface area contributed by atoms with Gasteiger partial charge in [0, 0.05) is 12.4 Å². The Morgan fingerprint density at radius 3 is 2.91 bits per heavy atom. The lowest BCUT2D eigenvalue weighted by Crippen LogP contribution is -2.14. The summed E-state index contributed by atoms with van der Waals surface area (Å²) in [6, 6.07) is 3.62. The molecule has 0 aromatic carbocycles. The summed E-state index contributed by atoms with van der Waals surface area (Å²) in [6.07, 6.45) is 3.49. The van der Waals surface area contributed by atoms with Crippen LogP contribution in [0.5, 0.6) is 0 Å². The summed E-state index contributed by atoms with van der Waals surface area (Å²) >= 11 is 0. The first-order valence-corrected chi connectivity index (χ1v) is 3.47. The highest BCUT2D eigenvalue weighted by Gasteiger charge is 1.87. The number of aryl methyl sites for hydroxylation is 1. The quantitative estimate of drug-likeness (QED) is 0.581. The topological polar surface area (TPSA) is 41.1 Å². The van der Waals surface area contributed by atoms with E-state index in [1.54, 1.807) is 12.3 Å². The second kappa shape index (κ2) is 3.14. The van der Waals surface area contributed by atoms with Gasteiger partial charge in [0.2, 0.25) is 0 Å². The van der Waals surface area contributed by atoms with Crippen LogP contribution < -0.4 is 5.49 Å². The van der Waals surface area contributed by atoms with Gasteiger partial charge in [-0.15, -0.1) is 0 Å². The average molecular weight is 149 g/mol. The molecule has 0 fully saturated rings. The fourth-order valence-electron chi connectivity index (χ4n) is 0.812. The van der Waals surface area contributed by atoms with Crippen molar-refractivity contribution in [1.29, 1.82) is 5.41 Å². The number of pyridine rings is 1. The fourth-order valence-corrected chi connectivity index (χ4v) is 0.812. The average Bonchev–Trinajstić information content (AvgIpc) is 1.98. The molecule has 0 atom stereocenters. The summed E-state index contributed by atoms with van der Waals surface area (Å²) in [5, 5.41) is 11.4. The van der Waals surface area contributed by atoms with Gasteiger partial charge >= 0.3 is 0 Å². The van der Waals surface area contributed by atoms with E-state index < -0.39 is 0 Å². The van der Waals surface area contributed by atoms with E-state index in [1.807, 2.05) is 26.1 Å². The lowest BCUT2D eigenvalue weighted by atomic mass is 10.3. The van der Waals surface area contributed by atoms with Gasteiger partial charge in [-0.25, -0.2) is 4.68 Å². The molecular formula is C8H11N3. The number of hydrogen-bond acceptors (Lipinski definition) is 2. The molecule has 58 valence electrons. The van der Waals surface area contributed by atoms with Gasteiger partial charge < -0.3 is 0 Å². The van der Waals surface area contributed by atoms with E-state index in [0.29, 0.717) is 5.49 Å². The monoisotopic (exact) mass is 149 g/mol. The van der Waals surface area contributed by atoms with Crippen molar-refractivity contribution in [3.63, 3.8) is 0 Å². The number of rotatable bonds is 1. The molecule has 1 heterocycles. The van der Waals surface area contributed by atoms with E-state index in [4.69, 9.17) is 5.41 Å². The van der Waals surface area contributed by atoms with Gasteiger partial charge in [-0.1, -0.05) is 6.07 Å². The Hall–Kier alpha value is -1.38. The largest absolute Gasteiger partial charge is 0.283 e. The SMILES string of the molecule is C/C=N\n1cc(C)ccc1=N. The van der Waals surface area contributed by atoms with Crippen LogP contribution >= 0.6 is 0 Å². The van der Waals surface area contributed by atoms with Crippen LogP contribution in [-0.2, 0) is 0 Å². The minimum atomic E-state index is 0.397. The zero-order valence-corrected chi connectivity index (χ0v) is 6.70. The standard InChI is InChI=1S/C8H11N3/c1-3-10-11-6-7(2)4-5-8(11)9/h3-6,9H,1-2H3/b9-8?,10-3-. The molecule has 1 N–H and O–H groups in total. The zero-order valence-electron chi connectivity index (χ0n) is 6.70. The van der Waals surface area contributed by atoms with E-state index in [2.05, 4.69) is 5.10 Å². The van der Waals surface area contributed by atoms with Gasteiger partial charge in [-0.3, -0.25) is 5.41 Å². The van der Waals surface area contributed by atoms with Crippen LogP contribution in [0.3, 0.4) is 0 Å². The summed E-state index contributed by atoms with van der Waals surface area (Å²) in [5.74, 6) is 0. The Labute approximate surface area is 65.5 Å². The lowest BCUT2D eigenvalue weighted by molar-refractivity contribution is 0.787. The molecule has 0 unspecified atom stereocenters. The van der Waals surface area contributed by atoms with Crippen LogP contribution in [0.2, 0.25) is 0 Å². The Kier molecular flexibility index (Phi) is 2.21. The number of aromatic nitrogens is 1. The summed E-state index contributed by atoms with van der Waals surface area (Å²) in [7, 11) is 0. The second-order valence-electron chi connectivity index (χ2n) is 2.31. The Balaban J connectivity index is 3.23. The zero-order chi connectivity index (χ0) is 8.27. The highest BCUT2D eigenvalue weighted by atomic mass is 15.3. The van der Waals surface area contributed by atoms with Crippen molar-refractivity contribution in [2.45, 2.75) is 13.8 Å². The molecule has 0 amide bonds. The third-order valence-electron chi connectivity index (χ3n) is 1.32. The van der Waals surface area contributed by atoms with Crippen LogP contribution in [-0.4, -0.2) is 10.9 Å². The molecule has 1 aromatic rings. The molecule has 0 saturated heterocycles. The predicted octanol–water partition coefficient (Wildman–Crippen LogP) is 1.13. The van der Waals surface area contributed by atoms with Crippen LogP contribution in [0.15, 0.2) is 23.4 Å². The Morgan fingerprint density at radius 2 is 2.27 bits per heavy atom. The molecule has 1 aromatic heterocycles. The first-order chi connectivity index (χ1) is 5.24. The van der Waals surface area contributed by atoms with Crippen LogP contribution in [0, 0.1) is 12.3 Å². The van der Waals surface area contributed by atoms with Crippen molar-refractivity contribution in [2.75, 3.05) is 0 Å². The third-order valence-corrected chi connectivity index (χ3v) is 1.32. The maximum atomic E-state index is 7.42. The van der Waals surface area contributed by atoms with Crippen molar-refractivity contribution in [1.82, 2.24) is 4.68 Å². The Bertz CT molecular complexity index is 322. The van der Waals surface area contributed by atoms with E-state index in [9.17, 15) is 0 Å². The normalized spacial score (nSPS) is 10.7. The van der Waals surface area contributed by atoms with Crippen molar-refractivity contribution < 1.29 is 0 Å². The summed E-state index contributed by atoms with van der Waals surface area (Å²) < 4.78 is 1.54. The van der Waals surface area contributed by atoms with E-state index in [-0.39, 0.29) is 0 Å². The van der Waals surface area contributed by atoms with Crippen molar-refractivity contribution >= 4 is 6.21 Å². The molecule has 0 aliphatic rings. The maximum absolute atomic E-state index is 7.42. The van der Waals surface area contributed by atoms with Crippen molar-refractivity contribution in [3.8, 4) is 0 Å². The first-order valence-electron chi connectivity index (χ1n) is 3.47. The van der Waals surface area contributed by atoms with E-state index in [1.165, 1.54) is 4.68 Å². The fraction of sp³-hybridized carbons (Fsp3) is 0.250. The number of nitrogens with one attached hydrogen (secondary N) is 1. The smallest absolute Gasteiger partial charge is 0.145 e. The molecule has 3 heteroatoms. The molecule has 0 radical (unpaired) electrons. The summed E-state index contributed by atoms with van der Waals surface area (Å²) in [6.45, 7) is 3.80. The third kappa shape index (κ3) is 1.77. The van der Waals surface area contributed by atoms with E-state index in [0.717, 1.165) is 5.56 Å². The summed E-state index contributed by atoms with van der Waals surface area (Å²) in [4.78, 5) is 0. The number of nitrogens with zero attached hydrogens (tertiary/aromatic N) is 2. The highest BCUT2D eigenvalue weighted by molar-refractivity contribution is 5.52. The molecule has 0 saturated carbocycles. The van der Waals surface area contributed by atoms with Crippen LogP contribution in [0.4, 0.5) is 0 Å². The molecule has 11 heavy (non-hydrogen) atoms. The van der Waals surface area contributed by atoms with Crippen molar-refractivity contribution in [2.24, 2.45) is 5.10 Å². The minimum Gasteiger partial charge on any atom is -0.283 e. The van der Waals surface area contributed by atoms with Gasteiger partial charge in [0.25, 0.3) is 0 Å². The van der Waals surface area contributed by atoms with Crippen LogP contribution in [0.1, 0.15) is 12.5 Å². The first kappa shape index (κ1) is 7.72. The van der Waals surface area contributed by atoms with Crippen LogP contribution in [0.25, 0.3) is 0 Å². The maximum Gasteiger partial charge on any atom is 0.145 e. The second-order valence-corrected chi connectivity index (χ2v) is 2.31. The molecule has 0 spiro atoms. The number of hydrogen-bond donors (Lipinski definition) is 1. The van der Waals surface area contributed by atoms with Gasteiger partial charge in [0.05, 0.1) is 0 Å². The molecule has 0 bridgehead atoms. The Morgan fingerprint density at radius 1 is 1.55 bits per heavy atom. The minimum absolute atomic E-state index is 0.397. The molecule has 0 aliphatic carbocycles. The predicted molar refractivity (Wildman–Crippen MR) is 44.6 cm³/mol. The van der Waals surface area contributed by atoms with Crippen molar-refractivity contribution in [3.05, 3.63) is 29.4 Å². The molecule has 3 nitrogen and oxygen atoms in total. The van der Waals surface area contributed by atoms with Gasteiger partial charge in [-0.05, 0) is 25.5 Å². The molecular weight excluding hydrogens is 138 g/mol. The highest BCUT2D eigenvalue weighted by Crippen LogP contribution is 1.90. The van der Waals surface area contributed by atoms with Gasteiger partial charge in [0.15, 0.2) is 0 Å². The summed E-state index contributed by atoms with van der Waals surface area (Å²) in [5.41, 5.74) is 1.50. The van der Waals surface area contributed by atoms with Gasteiger partial charge in [0.1, 0.15) is 5.49 Å². The lowest BCUT2D eigenvalue weighted by Gasteiger charge is -1.98. The van der Waals surface area contributed by atoms with E-state index >= 15 is 0 Å². The molecule has 0 aliphatic heterocycles. The molecule has 1 rings (SSSR count). The van der Waals surface area contributed by atoms with Gasteiger partial charge in [-0.2, -0.15) is 5.10 Å².